The molecule has 0 bridgehead atoms. The monoisotopic (exact) mass is 692 g/mol. The fourth-order valence-corrected chi connectivity index (χ4v) is 6.82. The van der Waals surface area contributed by atoms with Crippen molar-refractivity contribution in [3.05, 3.63) is 131 Å². The number of nitrogens with zero attached hydrogens (tertiary/aromatic N) is 2. The molecule has 0 radical (unpaired) electrons. The molecule has 2 aliphatic heterocycles. The van der Waals surface area contributed by atoms with Gasteiger partial charge in [-0.25, -0.2) is 5.48 Å². The van der Waals surface area contributed by atoms with Crippen LogP contribution in [0.15, 0.2) is 103 Å². The number of rotatable bonds is 14. The molecule has 2 aliphatic rings. The number of benzene rings is 4. The van der Waals surface area contributed by atoms with Crippen molar-refractivity contribution in [1.29, 1.82) is 0 Å². The Bertz CT molecular complexity index is 1690. The zero-order valence-corrected chi connectivity index (χ0v) is 29.0. The summed E-state index contributed by atoms with van der Waals surface area (Å²) in [5, 5.41) is 21.2. The number of hydrogen-bond acceptors (Lipinski definition) is 8. The molecule has 3 atom stereocenters. The highest BCUT2D eigenvalue weighted by atomic mass is 16.7. The van der Waals surface area contributed by atoms with Crippen molar-refractivity contribution in [2.75, 3.05) is 32.7 Å². The molecule has 2 saturated heterocycles. The molecular weight excluding hydrogens is 644 g/mol. The second-order valence-electron chi connectivity index (χ2n) is 13.4. The molecule has 4 N–H and O–H groups in total. The number of aliphatic hydroxyl groups is 1. The van der Waals surface area contributed by atoms with Gasteiger partial charge in [-0.1, -0.05) is 103 Å². The molecule has 4 aromatic carbocycles. The number of nitrogens with one attached hydrogen (secondary N) is 2. The Balaban J connectivity index is 1.11. The fourth-order valence-electron chi connectivity index (χ4n) is 6.82. The van der Waals surface area contributed by atoms with Gasteiger partial charge < -0.3 is 19.9 Å². The van der Waals surface area contributed by atoms with E-state index in [4.69, 9.17) is 14.7 Å². The zero-order chi connectivity index (χ0) is 35.4. The lowest BCUT2D eigenvalue weighted by atomic mass is 9.97. The van der Waals surface area contributed by atoms with Gasteiger partial charge in [0.05, 0.1) is 18.8 Å². The predicted octanol–water partition coefficient (Wildman–Crippen LogP) is 5.50. The summed E-state index contributed by atoms with van der Waals surface area (Å²) in [4.78, 5) is 28.7. The van der Waals surface area contributed by atoms with Gasteiger partial charge in [-0.15, -0.1) is 0 Å². The number of hydrogen-bond donors (Lipinski definition) is 4. The minimum absolute atomic E-state index is 0.00374. The van der Waals surface area contributed by atoms with Gasteiger partial charge in [-0.2, -0.15) is 0 Å². The van der Waals surface area contributed by atoms with Crippen LogP contribution in [0.5, 0.6) is 0 Å². The first-order valence-electron chi connectivity index (χ1n) is 17.8. The largest absolute Gasteiger partial charge is 0.392 e. The molecule has 0 saturated carbocycles. The summed E-state index contributed by atoms with van der Waals surface area (Å²) in [5.41, 5.74) is 8.82. The van der Waals surface area contributed by atoms with E-state index in [0.717, 1.165) is 79.1 Å². The quantitative estimate of drug-likeness (QED) is 0.101. The summed E-state index contributed by atoms with van der Waals surface area (Å²) < 4.78 is 13.3. The van der Waals surface area contributed by atoms with Crippen LogP contribution >= 0.6 is 0 Å². The second-order valence-corrected chi connectivity index (χ2v) is 13.4. The average Bonchev–Trinajstić information content (AvgIpc) is 3.18. The Kier molecular flexibility index (Phi) is 13.0. The lowest BCUT2D eigenvalue weighted by Crippen LogP contribution is -2.49. The van der Waals surface area contributed by atoms with Crippen molar-refractivity contribution in [2.24, 2.45) is 0 Å². The third kappa shape index (κ3) is 10.3. The number of piperazine rings is 1. The molecule has 2 fully saturated rings. The molecule has 0 aromatic heterocycles. The van der Waals surface area contributed by atoms with E-state index in [0.29, 0.717) is 13.0 Å². The van der Waals surface area contributed by atoms with E-state index in [1.165, 1.54) is 5.56 Å². The SMILES string of the molecule is O=C(CCCC(=O)NCc1ccccc1-c1ccc(C2OC(CN3CCN(Cc4ccccc4)CC3)CC(c3ccc(CO)cc3)O2)cc1)NO. The summed E-state index contributed by atoms with van der Waals surface area (Å²) in [6.07, 6.45) is 0.673. The topological polar surface area (TPSA) is 124 Å². The molecule has 6 rings (SSSR count). The van der Waals surface area contributed by atoms with Crippen molar-refractivity contribution < 1.29 is 29.4 Å². The van der Waals surface area contributed by atoms with Gasteiger partial charge in [-0.3, -0.25) is 24.6 Å². The van der Waals surface area contributed by atoms with E-state index in [1.807, 2.05) is 48.5 Å². The molecule has 4 aromatic rings. The van der Waals surface area contributed by atoms with Crippen molar-refractivity contribution >= 4 is 11.8 Å². The van der Waals surface area contributed by atoms with Crippen LogP contribution in [0.2, 0.25) is 0 Å². The highest BCUT2D eigenvalue weighted by molar-refractivity contribution is 5.78. The third-order valence-electron chi connectivity index (χ3n) is 9.71. The maximum absolute atomic E-state index is 12.4. The highest BCUT2D eigenvalue weighted by Crippen LogP contribution is 2.39. The van der Waals surface area contributed by atoms with E-state index in [1.54, 1.807) is 5.48 Å². The molecule has 10 heteroatoms. The summed E-state index contributed by atoms with van der Waals surface area (Å²) in [5.74, 6) is -0.654. The Labute approximate surface area is 300 Å². The smallest absolute Gasteiger partial charge is 0.243 e. The van der Waals surface area contributed by atoms with Crippen LogP contribution in [-0.4, -0.2) is 70.8 Å². The van der Waals surface area contributed by atoms with Gasteiger partial charge in [0.25, 0.3) is 0 Å². The van der Waals surface area contributed by atoms with Gasteiger partial charge in [0.15, 0.2) is 6.29 Å². The molecule has 2 amide bonds. The van der Waals surface area contributed by atoms with Gasteiger partial charge in [0, 0.05) is 70.6 Å². The number of carbonyl (C=O) groups excluding carboxylic acids is 2. The Morgan fingerprint density at radius 3 is 2.12 bits per heavy atom. The molecule has 2 heterocycles. The van der Waals surface area contributed by atoms with Crippen molar-refractivity contribution in [1.82, 2.24) is 20.6 Å². The van der Waals surface area contributed by atoms with E-state index in [9.17, 15) is 14.7 Å². The number of hydroxylamine groups is 1. The van der Waals surface area contributed by atoms with Crippen molar-refractivity contribution in [3.8, 4) is 11.1 Å². The van der Waals surface area contributed by atoms with Crippen molar-refractivity contribution in [3.63, 3.8) is 0 Å². The first-order valence-corrected chi connectivity index (χ1v) is 17.8. The second kappa shape index (κ2) is 18.2. The number of amides is 2. The lowest BCUT2D eigenvalue weighted by molar-refractivity contribution is -0.253. The maximum atomic E-state index is 12.4. The molecular formula is C41H48N4O6. The molecule has 268 valence electrons. The zero-order valence-electron chi connectivity index (χ0n) is 29.0. The number of carbonyl (C=O) groups is 2. The van der Waals surface area contributed by atoms with E-state index < -0.39 is 12.2 Å². The lowest BCUT2D eigenvalue weighted by Gasteiger charge is -2.40. The van der Waals surface area contributed by atoms with Crippen LogP contribution in [-0.2, 0) is 38.8 Å². The maximum Gasteiger partial charge on any atom is 0.243 e. The van der Waals surface area contributed by atoms with E-state index in [-0.39, 0.29) is 37.6 Å². The van der Waals surface area contributed by atoms with Crippen LogP contribution < -0.4 is 10.8 Å². The Hall–Kier alpha value is -4.42. The van der Waals surface area contributed by atoms with Crippen molar-refractivity contribution in [2.45, 2.75) is 63.9 Å². The first-order chi connectivity index (χ1) is 25.0. The van der Waals surface area contributed by atoms with Crippen LogP contribution in [0.25, 0.3) is 11.1 Å². The normalized spacial score (nSPS) is 19.8. The first kappa shape index (κ1) is 36.4. The third-order valence-corrected chi connectivity index (χ3v) is 9.71. The Morgan fingerprint density at radius 2 is 1.39 bits per heavy atom. The summed E-state index contributed by atoms with van der Waals surface area (Å²) in [6.45, 7) is 6.18. The molecule has 51 heavy (non-hydrogen) atoms. The van der Waals surface area contributed by atoms with Gasteiger partial charge >= 0.3 is 0 Å². The van der Waals surface area contributed by atoms with Crippen LogP contribution in [0.3, 0.4) is 0 Å². The van der Waals surface area contributed by atoms with Gasteiger partial charge in [-0.05, 0) is 39.8 Å². The van der Waals surface area contributed by atoms with Crippen LogP contribution in [0.1, 0.15) is 65.9 Å². The van der Waals surface area contributed by atoms with Crippen LogP contribution in [0.4, 0.5) is 0 Å². The summed E-state index contributed by atoms with van der Waals surface area (Å²) in [7, 11) is 0. The minimum Gasteiger partial charge on any atom is -0.392 e. The predicted molar refractivity (Wildman–Crippen MR) is 194 cm³/mol. The molecule has 3 unspecified atom stereocenters. The molecule has 0 aliphatic carbocycles. The minimum atomic E-state index is -0.540. The fraction of sp³-hybridized carbons (Fsp3) is 0.366. The van der Waals surface area contributed by atoms with Gasteiger partial charge in [0.1, 0.15) is 0 Å². The summed E-state index contributed by atoms with van der Waals surface area (Å²) >= 11 is 0. The molecule has 10 nitrogen and oxygen atoms in total. The number of aliphatic hydroxyl groups excluding tert-OH is 1. The molecule has 0 spiro atoms. The van der Waals surface area contributed by atoms with E-state index >= 15 is 0 Å². The highest BCUT2D eigenvalue weighted by Gasteiger charge is 2.34. The summed E-state index contributed by atoms with van der Waals surface area (Å²) in [6, 6.07) is 34.8. The number of ether oxygens (including phenoxy) is 2. The standard InChI is InChI=1S/C41H48N4O6/c46-29-31-13-15-33(16-14-31)38-25-36(28-45-23-21-44(22-24-45)27-30-7-2-1-3-8-30)50-41(51-38)34-19-17-32(18-20-34)37-10-5-4-9-35(37)26-42-39(47)11-6-12-40(48)43-49/h1-5,7-10,13-20,36,38,41,46,49H,6,11-12,21-29H2,(H,42,47)(H,43,48). The Morgan fingerprint density at radius 1 is 0.725 bits per heavy atom. The average molecular weight is 693 g/mol. The van der Waals surface area contributed by atoms with E-state index in [2.05, 4.69) is 69.7 Å². The van der Waals surface area contributed by atoms with Gasteiger partial charge in [0.2, 0.25) is 11.8 Å². The van der Waals surface area contributed by atoms with Crippen LogP contribution in [0, 0.1) is 0 Å².